The van der Waals surface area contributed by atoms with Crippen LogP contribution in [0.5, 0.6) is 0 Å². The maximum Gasteiger partial charge on any atom is 0.292 e. The van der Waals surface area contributed by atoms with E-state index in [1.54, 1.807) is 0 Å². The number of halogens is 1. The standard InChI is InChI=1S/C27H26BrN3O2/c28-22-12-7-13-23(18-22)31-25(32)19-24(27(31)33)29-14-16-30(17-15-29)26(20-8-3-1-4-9-20)21-10-5-2-6-11-21/h1-13,18,24,26H,14-17,19H2/p+2/t24-/m0/s1. The van der Waals surface area contributed by atoms with Crippen molar-refractivity contribution in [1.82, 2.24) is 0 Å². The second kappa shape index (κ2) is 9.59. The van der Waals surface area contributed by atoms with Crippen molar-refractivity contribution in [3.05, 3.63) is 101 Å². The highest BCUT2D eigenvalue weighted by atomic mass is 79.9. The van der Waals surface area contributed by atoms with E-state index in [-0.39, 0.29) is 30.3 Å². The summed E-state index contributed by atoms with van der Waals surface area (Å²) in [5.41, 5.74) is 3.28. The average molecular weight is 506 g/mol. The molecule has 168 valence electrons. The van der Waals surface area contributed by atoms with Crippen molar-refractivity contribution in [1.29, 1.82) is 0 Å². The van der Waals surface area contributed by atoms with Crippen LogP contribution in [-0.2, 0) is 9.59 Å². The lowest BCUT2D eigenvalue weighted by atomic mass is 9.96. The van der Waals surface area contributed by atoms with Gasteiger partial charge in [0.1, 0.15) is 32.2 Å². The number of hydrogen-bond acceptors (Lipinski definition) is 2. The van der Waals surface area contributed by atoms with Crippen LogP contribution < -0.4 is 14.7 Å². The molecule has 1 atom stereocenters. The Morgan fingerprint density at radius 3 is 1.97 bits per heavy atom. The van der Waals surface area contributed by atoms with E-state index in [0.29, 0.717) is 5.69 Å². The highest BCUT2D eigenvalue weighted by Gasteiger charge is 2.47. The van der Waals surface area contributed by atoms with E-state index >= 15 is 0 Å². The number of quaternary nitrogens is 2. The van der Waals surface area contributed by atoms with Gasteiger partial charge in [0.2, 0.25) is 5.91 Å². The van der Waals surface area contributed by atoms with Crippen molar-refractivity contribution in [2.75, 3.05) is 31.1 Å². The van der Waals surface area contributed by atoms with Gasteiger partial charge >= 0.3 is 0 Å². The third-order valence-electron chi connectivity index (χ3n) is 6.91. The summed E-state index contributed by atoms with van der Waals surface area (Å²) in [4.78, 5) is 30.1. The quantitative estimate of drug-likeness (QED) is 0.518. The van der Waals surface area contributed by atoms with Crippen molar-refractivity contribution in [3.8, 4) is 0 Å². The largest absolute Gasteiger partial charge is 0.316 e. The zero-order valence-electron chi connectivity index (χ0n) is 18.4. The van der Waals surface area contributed by atoms with Crippen LogP contribution >= 0.6 is 15.9 Å². The van der Waals surface area contributed by atoms with Crippen molar-refractivity contribution < 1.29 is 19.4 Å². The maximum absolute atomic E-state index is 13.2. The molecule has 2 heterocycles. The van der Waals surface area contributed by atoms with Gasteiger partial charge in [0.15, 0.2) is 6.04 Å². The molecule has 2 aliphatic heterocycles. The van der Waals surface area contributed by atoms with E-state index in [1.807, 2.05) is 24.3 Å². The van der Waals surface area contributed by atoms with Crippen molar-refractivity contribution >= 4 is 33.4 Å². The van der Waals surface area contributed by atoms with E-state index in [4.69, 9.17) is 0 Å². The normalized spacial score (nSPS) is 23.3. The molecule has 3 aromatic rings. The number of benzene rings is 3. The van der Waals surface area contributed by atoms with Crippen LogP contribution in [0.1, 0.15) is 23.6 Å². The first-order chi connectivity index (χ1) is 16.1. The molecule has 0 spiro atoms. The van der Waals surface area contributed by atoms with Gasteiger partial charge in [-0.3, -0.25) is 9.59 Å². The van der Waals surface area contributed by atoms with Gasteiger partial charge in [0, 0.05) is 15.6 Å². The molecule has 0 saturated carbocycles. The number of nitrogens with one attached hydrogen (secondary N) is 2. The van der Waals surface area contributed by atoms with Crippen LogP contribution in [-0.4, -0.2) is 44.0 Å². The third kappa shape index (κ3) is 4.51. The number of rotatable bonds is 5. The van der Waals surface area contributed by atoms with Gasteiger partial charge < -0.3 is 9.80 Å². The lowest BCUT2D eigenvalue weighted by molar-refractivity contribution is -1.03. The third-order valence-corrected chi connectivity index (χ3v) is 7.41. The highest BCUT2D eigenvalue weighted by Crippen LogP contribution is 2.25. The molecule has 0 radical (unpaired) electrons. The Kier molecular flexibility index (Phi) is 6.40. The summed E-state index contributed by atoms with van der Waals surface area (Å²) in [5, 5.41) is 0. The molecule has 0 unspecified atom stereocenters. The lowest BCUT2D eigenvalue weighted by Gasteiger charge is -2.36. The van der Waals surface area contributed by atoms with Gasteiger partial charge in [-0.1, -0.05) is 82.7 Å². The van der Waals surface area contributed by atoms with Gasteiger partial charge in [0.25, 0.3) is 5.91 Å². The summed E-state index contributed by atoms with van der Waals surface area (Å²) in [6.07, 6.45) is 0.289. The van der Waals surface area contributed by atoms with Gasteiger partial charge in [0.05, 0.1) is 12.1 Å². The number of nitrogens with zero attached hydrogens (tertiary/aromatic N) is 1. The second-order valence-electron chi connectivity index (χ2n) is 8.87. The molecule has 0 aliphatic carbocycles. The average Bonchev–Trinajstić information content (AvgIpc) is 3.15. The smallest absolute Gasteiger partial charge is 0.292 e. The fourth-order valence-electron chi connectivity index (χ4n) is 5.32. The Balaban J connectivity index is 1.31. The predicted octanol–water partition coefficient (Wildman–Crippen LogP) is 1.65. The number of hydrogen-bond donors (Lipinski definition) is 2. The molecule has 6 heteroatoms. The Hall–Kier alpha value is -2.80. The van der Waals surface area contributed by atoms with Crippen LogP contribution in [0.15, 0.2) is 89.4 Å². The number of carbonyl (C=O) groups excluding carboxylic acids is 2. The first-order valence-corrected chi connectivity index (χ1v) is 12.3. The maximum atomic E-state index is 13.2. The van der Waals surface area contributed by atoms with Crippen LogP contribution in [0.25, 0.3) is 0 Å². The molecular formula is C27H28BrN3O2+2. The second-order valence-corrected chi connectivity index (χ2v) is 9.79. The van der Waals surface area contributed by atoms with E-state index < -0.39 is 0 Å². The summed E-state index contributed by atoms with van der Waals surface area (Å²) in [5.74, 6) is -0.170. The van der Waals surface area contributed by atoms with Crippen LogP contribution in [0.3, 0.4) is 0 Å². The zero-order valence-corrected chi connectivity index (χ0v) is 20.0. The number of anilines is 1. The Bertz CT molecular complexity index is 1090. The molecule has 2 saturated heterocycles. The van der Waals surface area contributed by atoms with Gasteiger partial charge in [-0.25, -0.2) is 4.90 Å². The molecule has 33 heavy (non-hydrogen) atoms. The minimum Gasteiger partial charge on any atom is -0.316 e. The summed E-state index contributed by atoms with van der Waals surface area (Å²) in [6, 6.07) is 28.8. The lowest BCUT2D eigenvalue weighted by Crippen LogP contribution is -3.30. The first-order valence-electron chi connectivity index (χ1n) is 11.5. The zero-order chi connectivity index (χ0) is 22.8. The number of carbonyl (C=O) groups is 2. The summed E-state index contributed by atoms with van der Waals surface area (Å²) < 4.78 is 0.862. The number of piperazine rings is 1. The molecule has 2 aliphatic rings. The minimum atomic E-state index is -0.287. The van der Waals surface area contributed by atoms with Gasteiger partial charge in [-0.05, 0) is 18.2 Å². The summed E-state index contributed by atoms with van der Waals surface area (Å²) in [7, 11) is 0. The van der Waals surface area contributed by atoms with Gasteiger partial charge in [-0.2, -0.15) is 0 Å². The Morgan fingerprint density at radius 2 is 1.39 bits per heavy atom. The molecule has 3 aromatic carbocycles. The number of imide groups is 1. The molecule has 5 rings (SSSR count). The minimum absolute atomic E-state index is 0.0702. The van der Waals surface area contributed by atoms with E-state index in [2.05, 4.69) is 76.6 Å². The molecular weight excluding hydrogens is 478 g/mol. The molecule has 0 bridgehead atoms. The highest BCUT2D eigenvalue weighted by molar-refractivity contribution is 9.10. The fourth-order valence-corrected chi connectivity index (χ4v) is 5.71. The summed E-state index contributed by atoms with van der Waals surface area (Å²) >= 11 is 3.44. The van der Waals surface area contributed by atoms with Crippen molar-refractivity contribution in [3.63, 3.8) is 0 Å². The predicted molar refractivity (Wildman–Crippen MR) is 131 cm³/mol. The molecule has 2 N–H and O–H groups in total. The number of amides is 2. The SMILES string of the molecule is O=C1C[C@H]([NH+]2CC[NH+](C(c3ccccc3)c3ccccc3)CC2)C(=O)N1c1cccc(Br)c1. The Morgan fingerprint density at radius 1 is 0.788 bits per heavy atom. The summed E-state index contributed by atoms with van der Waals surface area (Å²) in [6.45, 7) is 3.67. The van der Waals surface area contributed by atoms with Gasteiger partial charge in [-0.15, -0.1) is 0 Å². The van der Waals surface area contributed by atoms with Crippen molar-refractivity contribution in [2.24, 2.45) is 0 Å². The van der Waals surface area contributed by atoms with Crippen LogP contribution in [0.4, 0.5) is 5.69 Å². The fraction of sp³-hybridized carbons (Fsp3) is 0.259. The monoisotopic (exact) mass is 505 g/mol. The molecule has 2 fully saturated rings. The molecule has 5 nitrogen and oxygen atoms in total. The molecule has 2 amide bonds. The van der Waals surface area contributed by atoms with E-state index in [0.717, 1.165) is 30.7 Å². The van der Waals surface area contributed by atoms with E-state index in [1.165, 1.54) is 25.8 Å². The molecule has 0 aromatic heterocycles. The first kappa shape index (κ1) is 22.0. The van der Waals surface area contributed by atoms with Crippen LogP contribution in [0, 0.1) is 0 Å². The van der Waals surface area contributed by atoms with Crippen LogP contribution in [0.2, 0.25) is 0 Å². The van der Waals surface area contributed by atoms with Crippen molar-refractivity contribution in [2.45, 2.75) is 18.5 Å². The Labute approximate surface area is 202 Å². The topological polar surface area (TPSA) is 46.3 Å². The van der Waals surface area contributed by atoms with E-state index in [9.17, 15) is 9.59 Å².